The standard InChI is InChI=1S/C12H16Cl2N2O2/c1-7-6-9(13)15-12(14)11(7)16-10(17)5-4-8(2)18-3/h6,8H,4-5H2,1-3H3,(H,16,17). The van der Waals surface area contributed by atoms with Gasteiger partial charge in [-0.25, -0.2) is 4.98 Å². The molecule has 18 heavy (non-hydrogen) atoms. The van der Waals surface area contributed by atoms with Crippen LogP contribution in [0.3, 0.4) is 0 Å². The molecule has 1 rings (SSSR count). The van der Waals surface area contributed by atoms with Crippen molar-refractivity contribution in [3.8, 4) is 0 Å². The van der Waals surface area contributed by atoms with Crippen LogP contribution in [0.25, 0.3) is 0 Å². The zero-order valence-corrected chi connectivity index (χ0v) is 12.1. The van der Waals surface area contributed by atoms with Gasteiger partial charge in [0.25, 0.3) is 0 Å². The van der Waals surface area contributed by atoms with Crippen molar-refractivity contribution >= 4 is 34.8 Å². The van der Waals surface area contributed by atoms with Crippen LogP contribution in [0.2, 0.25) is 10.3 Å². The minimum atomic E-state index is -0.118. The number of ether oxygens (including phenoxy) is 1. The molecule has 1 heterocycles. The molecule has 0 aliphatic heterocycles. The first-order valence-electron chi connectivity index (χ1n) is 5.59. The molecule has 0 radical (unpaired) electrons. The highest BCUT2D eigenvalue weighted by Gasteiger charge is 2.12. The van der Waals surface area contributed by atoms with Gasteiger partial charge < -0.3 is 10.1 Å². The highest BCUT2D eigenvalue weighted by atomic mass is 35.5. The van der Waals surface area contributed by atoms with Crippen LogP contribution in [0, 0.1) is 6.92 Å². The lowest BCUT2D eigenvalue weighted by Crippen LogP contribution is -2.16. The summed E-state index contributed by atoms with van der Waals surface area (Å²) < 4.78 is 5.08. The maximum absolute atomic E-state index is 11.7. The number of methoxy groups -OCH3 is 1. The molecule has 1 aromatic rings. The summed E-state index contributed by atoms with van der Waals surface area (Å²) in [7, 11) is 1.62. The summed E-state index contributed by atoms with van der Waals surface area (Å²) in [5.41, 5.74) is 1.30. The topological polar surface area (TPSA) is 51.2 Å². The van der Waals surface area contributed by atoms with Gasteiger partial charge in [-0.15, -0.1) is 0 Å². The number of amides is 1. The van der Waals surface area contributed by atoms with Gasteiger partial charge in [-0.2, -0.15) is 0 Å². The first kappa shape index (κ1) is 15.2. The zero-order chi connectivity index (χ0) is 13.7. The van der Waals surface area contributed by atoms with Gasteiger partial charge in [0.15, 0.2) is 5.15 Å². The van der Waals surface area contributed by atoms with Crippen LogP contribution < -0.4 is 5.32 Å². The zero-order valence-electron chi connectivity index (χ0n) is 10.6. The fraction of sp³-hybridized carbons (Fsp3) is 0.500. The van der Waals surface area contributed by atoms with E-state index >= 15 is 0 Å². The number of carbonyl (C=O) groups excluding carboxylic acids is 1. The van der Waals surface area contributed by atoms with Crippen molar-refractivity contribution < 1.29 is 9.53 Å². The molecule has 0 saturated carbocycles. The molecule has 0 aliphatic rings. The van der Waals surface area contributed by atoms with E-state index in [1.54, 1.807) is 13.2 Å². The Balaban J connectivity index is 2.65. The van der Waals surface area contributed by atoms with Crippen molar-refractivity contribution in [1.82, 2.24) is 4.98 Å². The summed E-state index contributed by atoms with van der Waals surface area (Å²) in [6.07, 6.45) is 1.07. The molecule has 1 N–H and O–H groups in total. The first-order chi connectivity index (χ1) is 8.43. The number of carbonyl (C=O) groups is 1. The molecular weight excluding hydrogens is 275 g/mol. The fourth-order valence-electron chi connectivity index (χ4n) is 1.40. The Hall–Kier alpha value is -0.840. The quantitative estimate of drug-likeness (QED) is 0.845. The summed E-state index contributed by atoms with van der Waals surface area (Å²) in [4.78, 5) is 15.6. The molecule has 0 spiro atoms. The number of anilines is 1. The second kappa shape index (κ2) is 6.92. The predicted molar refractivity (Wildman–Crippen MR) is 73.3 cm³/mol. The van der Waals surface area contributed by atoms with Gasteiger partial charge in [0.1, 0.15) is 5.15 Å². The average molecular weight is 291 g/mol. The van der Waals surface area contributed by atoms with Gasteiger partial charge in [-0.05, 0) is 31.9 Å². The summed E-state index contributed by atoms with van der Waals surface area (Å²) >= 11 is 11.7. The van der Waals surface area contributed by atoms with E-state index in [-0.39, 0.29) is 17.2 Å². The molecule has 6 heteroatoms. The monoisotopic (exact) mass is 290 g/mol. The van der Waals surface area contributed by atoms with Crippen molar-refractivity contribution in [3.63, 3.8) is 0 Å². The lowest BCUT2D eigenvalue weighted by Gasteiger charge is -2.12. The summed E-state index contributed by atoms with van der Waals surface area (Å²) in [6, 6.07) is 1.65. The van der Waals surface area contributed by atoms with Gasteiger partial charge in [-0.3, -0.25) is 4.79 Å². The maximum Gasteiger partial charge on any atom is 0.224 e. The van der Waals surface area contributed by atoms with E-state index in [1.807, 2.05) is 13.8 Å². The van der Waals surface area contributed by atoms with Gasteiger partial charge >= 0.3 is 0 Å². The largest absolute Gasteiger partial charge is 0.382 e. The van der Waals surface area contributed by atoms with Crippen LogP contribution in [-0.4, -0.2) is 24.1 Å². The summed E-state index contributed by atoms with van der Waals surface area (Å²) in [5, 5.41) is 3.25. The Morgan fingerprint density at radius 1 is 1.56 bits per heavy atom. The molecule has 0 aromatic carbocycles. The van der Waals surface area contributed by atoms with Crippen LogP contribution in [-0.2, 0) is 9.53 Å². The van der Waals surface area contributed by atoms with E-state index in [1.165, 1.54) is 0 Å². The minimum absolute atomic E-state index is 0.0515. The number of hydrogen-bond donors (Lipinski definition) is 1. The van der Waals surface area contributed by atoms with Crippen LogP contribution >= 0.6 is 23.2 Å². The van der Waals surface area contributed by atoms with Crippen LogP contribution in [0.5, 0.6) is 0 Å². The summed E-state index contributed by atoms with van der Waals surface area (Å²) in [6.45, 7) is 3.72. The number of nitrogens with one attached hydrogen (secondary N) is 1. The van der Waals surface area contributed by atoms with Crippen LogP contribution in [0.4, 0.5) is 5.69 Å². The molecule has 0 saturated heterocycles. The predicted octanol–water partition coefficient (Wildman–Crippen LogP) is 3.45. The molecule has 100 valence electrons. The van der Waals surface area contributed by atoms with Crippen molar-refractivity contribution in [2.45, 2.75) is 32.8 Å². The number of aromatic nitrogens is 1. The molecule has 0 bridgehead atoms. The van der Waals surface area contributed by atoms with E-state index in [9.17, 15) is 4.79 Å². The Kier molecular flexibility index (Phi) is 5.85. The fourth-order valence-corrected chi connectivity index (χ4v) is 1.98. The van der Waals surface area contributed by atoms with Gasteiger partial charge in [0, 0.05) is 13.5 Å². The summed E-state index contributed by atoms with van der Waals surface area (Å²) in [5.74, 6) is -0.118. The Morgan fingerprint density at radius 2 is 2.22 bits per heavy atom. The highest BCUT2D eigenvalue weighted by Crippen LogP contribution is 2.26. The Labute approximate surface area is 117 Å². The number of halogens is 2. The van der Waals surface area contributed by atoms with Crippen molar-refractivity contribution in [2.24, 2.45) is 0 Å². The smallest absolute Gasteiger partial charge is 0.224 e. The molecule has 1 amide bonds. The number of rotatable bonds is 5. The number of pyridine rings is 1. The SMILES string of the molecule is COC(C)CCC(=O)Nc1c(C)cc(Cl)nc1Cl. The van der Waals surface area contributed by atoms with Crippen molar-refractivity contribution in [1.29, 1.82) is 0 Å². The van der Waals surface area contributed by atoms with Crippen molar-refractivity contribution in [3.05, 3.63) is 21.9 Å². The van der Waals surface area contributed by atoms with Crippen molar-refractivity contribution in [2.75, 3.05) is 12.4 Å². The molecule has 1 unspecified atom stereocenters. The molecule has 4 nitrogen and oxygen atoms in total. The third kappa shape index (κ3) is 4.44. The molecule has 0 aliphatic carbocycles. The Morgan fingerprint density at radius 3 is 2.78 bits per heavy atom. The minimum Gasteiger partial charge on any atom is -0.382 e. The molecular formula is C12H16Cl2N2O2. The molecule has 0 fully saturated rings. The van der Waals surface area contributed by atoms with E-state index < -0.39 is 0 Å². The van der Waals surface area contributed by atoms with Gasteiger partial charge in [0.05, 0.1) is 11.8 Å². The first-order valence-corrected chi connectivity index (χ1v) is 6.35. The lowest BCUT2D eigenvalue weighted by atomic mass is 10.2. The van der Waals surface area contributed by atoms with E-state index in [2.05, 4.69) is 10.3 Å². The number of aryl methyl sites for hydroxylation is 1. The van der Waals surface area contributed by atoms with Crippen LogP contribution in [0.1, 0.15) is 25.3 Å². The molecule has 1 atom stereocenters. The number of hydrogen-bond acceptors (Lipinski definition) is 3. The van der Waals surface area contributed by atoms with Gasteiger partial charge in [0.2, 0.25) is 5.91 Å². The van der Waals surface area contributed by atoms with E-state index in [0.717, 1.165) is 5.56 Å². The Bertz CT molecular complexity index is 415. The third-order valence-corrected chi connectivity index (χ3v) is 3.05. The highest BCUT2D eigenvalue weighted by molar-refractivity contribution is 6.34. The average Bonchev–Trinajstić information content (AvgIpc) is 2.30. The van der Waals surface area contributed by atoms with E-state index in [0.29, 0.717) is 23.7 Å². The number of nitrogens with zero attached hydrogens (tertiary/aromatic N) is 1. The second-order valence-electron chi connectivity index (χ2n) is 4.06. The maximum atomic E-state index is 11.7. The normalized spacial score (nSPS) is 12.3. The third-order valence-electron chi connectivity index (χ3n) is 2.59. The second-order valence-corrected chi connectivity index (χ2v) is 4.81. The van der Waals surface area contributed by atoms with Gasteiger partial charge in [-0.1, -0.05) is 23.2 Å². The molecule has 1 aromatic heterocycles. The lowest BCUT2D eigenvalue weighted by molar-refractivity contribution is -0.116. The van der Waals surface area contributed by atoms with E-state index in [4.69, 9.17) is 27.9 Å². The van der Waals surface area contributed by atoms with Crippen LogP contribution in [0.15, 0.2) is 6.07 Å².